The molecule has 0 radical (unpaired) electrons. The highest BCUT2D eigenvalue weighted by molar-refractivity contribution is 7.90. The third kappa shape index (κ3) is 6.34. The first-order chi connectivity index (χ1) is 19.0. The molecule has 4 rings (SSSR count). The van der Waals surface area contributed by atoms with Crippen LogP contribution in [0.3, 0.4) is 0 Å². The van der Waals surface area contributed by atoms with Crippen molar-refractivity contribution in [1.29, 1.82) is 0 Å². The van der Waals surface area contributed by atoms with Crippen LogP contribution in [0.2, 0.25) is 5.02 Å². The van der Waals surface area contributed by atoms with E-state index >= 15 is 0 Å². The Morgan fingerprint density at radius 1 is 1.15 bits per heavy atom. The number of nitrogens with one attached hydrogen (secondary N) is 1. The largest absolute Gasteiger partial charge is 0.475 e. The molecule has 2 heterocycles. The second kappa shape index (κ2) is 12.3. The number of carbonyl (C=O) groups is 1. The zero-order valence-corrected chi connectivity index (χ0v) is 24.9. The molecule has 1 N–H and O–H groups in total. The number of benzene rings is 2. The second-order valence-electron chi connectivity index (χ2n) is 10.3. The monoisotopic (exact) mass is 591 g/mol. The third-order valence-electron chi connectivity index (χ3n) is 7.57. The maximum absolute atomic E-state index is 14.3. The van der Waals surface area contributed by atoms with E-state index in [2.05, 4.69) is 23.7 Å². The van der Waals surface area contributed by atoms with Gasteiger partial charge in [-0.05, 0) is 64.6 Å². The van der Waals surface area contributed by atoms with Gasteiger partial charge in [0.1, 0.15) is 18.5 Å². The van der Waals surface area contributed by atoms with Crippen LogP contribution in [0.4, 0.5) is 4.39 Å². The number of halogens is 2. The summed E-state index contributed by atoms with van der Waals surface area (Å²) in [6, 6.07) is 9.93. The third-order valence-corrected chi connectivity index (χ3v) is 9.12. The van der Waals surface area contributed by atoms with Crippen LogP contribution in [0.5, 0.6) is 5.88 Å². The Morgan fingerprint density at radius 3 is 2.38 bits per heavy atom. The molecule has 3 unspecified atom stereocenters. The number of carbonyl (C=O) groups excluding carboxylic acids is 1. The zero-order valence-electron chi connectivity index (χ0n) is 23.3. The highest BCUT2D eigenvalue weighted by Crippen LogP contribution is 2.37. The van der Waals surface area contributed by atoms with Gasteiger partial charge in [0, 0.05) is 13.2 Å². The van der Waals surface area contributed by atoms with Gasteiger partial charge in [-0.15, -0.1) is 0 Å². The molecule has 0 aliphatic carbocycles. The van der Waals surface area contributed by atoms with Crippen molar-refractivity contribution < 1.29 is 27.1 Å². The highest BCUT2D eigenvalue weighted by atomic mass is 35.5. The molecule has 0 fully saturated rings. The molecule has 2 aromatic carbocycles. The van der Waals surface area contributed by atoms with Crippen molar-refractivity contribution in [3.05, 3.63) is 63.9 Å². The van der Waals surface area contributed by atoms with Crippen LogP contribution in [0.1, 0.15) is 69.1 Å². The minimum Gasteiger partial charge on any atom is -0.475 e. The Labute approximate surface area is 239 Å². The molecule has 0 saturated carbocycles. The van der Waals surface area contributed by atoms with Crippen LogP contribution >= 0.6 is 11.6 Å². The summed E-state index contributed by atoms with van der Waals surface area (Å²) in [4.78, 5) is 13.3. The SMILES string of the molecule is CCC(C)c1cc(-c2ccc(Cl)c(F)c2)cc(C(C)CC)c1CC(=O)NS(=O)(=O)c1cc2n(n1)CC(OC)CO2. The van der Waals surface area contributed by atoms with E-state index in [1.807, 2.05) is 26.0 Å². The van der Waals surface area contributed by atoms with Crippen molar-refractivity contribution in [2.75, 3.05) is 13.7 Å². The van der Waals surface area contributed by atoms with E-state index in [1.165, 1.54) is 22.9 Å². The lowest BCUT2D eigenvalue weighted by Crippen LogP contribution is -2.33. The lowest BCUT2D eigenvalue weighted by molar-refractivity contribution is -0.118. The van der Waals surface area contributed by atoms with Crippen LogP contribution in [0.15, 0.2) is 41.4 Å². The van der Waals surface area contributed by atoms with E-state index in [0.29, 0.717) is 18.0 Å². The summed E-state index contributed by atoms with van der Waals surface area (Å²) in [5, 5.41) is 3.88. The van der Waals surface area contributed by atoms with Gasteiger partial charge < -0.3 is 9.47 Å². The van der Waals surface area contributed by atoms with Gasteiger partial charge in [-0.1, -0.05) is 57.5 Å². The summed E-state index contributed by atoms with van der Waals surface area (Å²) in [6.45, 7) is 8.84. The van der Waals surface area contributed by atoms with E-state index in [-0.39, 0.29) is 41.0 Å². The van der Waals surface area contributed by atoms with Gasteiger partial charge in [0.05, 0.1) is 18.0 Å². The predicted octanol–water partition coefficient (Wildman–Crippen LogP) is 5.82. The average Bonchev–Trinajstić information content (AvgIpc) is 3.38. The van der Waals surface area contributed by atoms with Crippen LogP contribution in [-0.2, 0) is 32.5 Å². The average molecular weight is 592 g/mol. The maximum Gasteiger partial charge on any atom is 0.283 e. The molecule has 0 spiro atoms. The zero-order chi connectivity index (χ0) is 29.2. The number of hydrogen-bond acceptors (Lipinski definition) is 6. The topological polar surface area (TPSA) is 99.5 Å². The molecule has 0 bridgehead atoms. The van der Waals surface area contributed by atoms with Crippen molar-refractivity contribution in [3.8, 4) is 17.0 Å². The smallest absolute Gasteiger partial charge is 0.283 e. The van der Waals surface area contributed by atoms with Gasteiger partial charge in [-0.2, -0.15) is 13.5 Å². The normalized spacial score (nSPS) is 16.6. The highest BCUT2D eigenvalue weighted by Gasteiger charge is 2.29. The molecule has 1 amide bonds. The van der Waals surface area contributed by atoms with Gasteiger partial charge in [0.2, 0.25) is 16.8 Å². The molecular weight excluding hydrogens is 557 g/mol. The molecule has 0 saturated heterocycles. The summed E-state index contributed by atoms with van der Waals surface area (Å²) in [6.07, 6.45) is 1.22. The Morgan fingerprint density at radius 2 is 1.80 bits per heavy atom. The fraction of sp³-hybridized carbons (Fsp3) is 0.448. The molecule has 1 aliphatic heterocycles. The van der Waals surface area contributed by atoms with Gasteiger partial charge in [0.25, 0.3) is 10.0 Å². The Kier molecular flexibility index (Phi) is 9.22. The quantitative estimate of drug-likeness (QED) is 0.319. The minimum atomic E-state index is -4.24. The first-order valence-electron chi connectivity index (χ1n) is 13.4. The van der Waals surface area contributed by atoms with Crippen molar-refractivity contribution in [1.82, 2.24) is 14.5 Å². The number of sulfonamides is 1. The molecular formula is C29H35ClFN3O5S. The lowest BCUT2D eigenvalue weighted by atomic mass is 9.81. The van der Waals surface area contributed by atoms with Crippen LogP contribution < -0.4 is 9.46 Å². The number of hydrogen-bond donors (Lipinski definition) is 1. The molecule has 216 valence electrons. The Bertz CT molecular complexity index is 1480. The van der Waals surface area contributed by atoms with Crippen LogP contribution in [-0.4, -0.2) is 43.9 Å². The molecule has 40 heavy (non-hydrogen) atoms. The summed E-state index contributed by atoms with van der Waals surface area (Å²) < 4.78 is 54.9. The molecule has 3 atom stereocenters. The van der Waals surface area contributed by atoms with Crippen molar-refractivity contribution >= 4 is 27.5 Å². The summed E-state index contributed by atoms with van der Waals surface area (Å²) >= 11 is 5.91. The van der Waals surface area contributed by atoms with Crippen molar-refractivity contribution in [2.24, 2.45) is 0 Å². The van der Waals surface area contributed by atoms with E-state index in [4.69, 9.17) is 21.1 Å². The first-order valence-corrected chi connectivity index (χ1v) is 15.2. The summed E-state index contributed by atoms with van der Waals surface area (Å²) in [5.41, 5.74) is 4.13. The fourth-order valence-corrected chi connectivity index (χ4v) is 5.86. The number of rotatable bonds is 10. The number of amides is 1. The predicted molar refractivity (Wildman–Crippen MR) is 152 cm³/mol. The van der Waals surface area contributed by atoms with Crippen molar-refractivity contribution in [2.45, 2.75) is 76.5 Å². The minimum absolute atomic E-state index is 0.0474. The van der Waals surface area contributed by atoms with Gasteiger partial charge >= 0.3 is 0 Å². The van der Waals surface area contributed by atoms with E-state index in [1.54, 1.807) is 13.2 Å². The summed E-state index contributed by atoms with van der Waals surface area (Å²) in [7, 11) is -2.70. The Hall–Kier alpha value is -2.95. The molecule has 3 aromatic rings. The van der Waals surface area contributed by atoms with E-state index in [0.717, 1.165) is 35.1 Å². The maximum atomic E-state index is 14.3. The summed E-state index contributed by atoms with van der Waals surface area (Å²) in [5.74, 6) is -0.725. The fourth-order valence-electron chi connectivity index (χ4n) is 4.80. The van der Waals surface area contributed by atoms with Gasteiger partial charge in [-0.25, -0.2) is 13.8 Å². The second-order valence-corrected chi connectivity index (χ2v) is 12.3. The number of methoxy groups -OCH3 is 1. The number of aromatic nitrogens is 2. The number of nitrogens with zero attached hydrogens (tertiary/aromatic N) is 2. The molecule has 1 aliphatic rings. The molecule has 11 heteroatoms. The first kappa shape index (κ1) is 30.0. The number of fused-ring (bicyclic) bond motifs is 1. The van der Waals surface area contributed by atoms with Crippen LogP contribution in [0, 0.1) is 5.82 Å². The lowest BCUT2D eigenvalue weighted by Gasteiger charge is -2.24. The van der Waals surface area contributed by atoms with Gasteiger partial charge in [0.15, 0.2) is 0 Å². The van der Waals surface area contributed by atoms with E-state index < -0.39 is 21.7 Å². The number of ether oxygens (including phenoxy) is 2. The standard InChI is InChI=1S/C29H35ClFN3O5S/c1-6-17(3)22-10-20(19-8-9-25(30)26(31)12-19)11-23(18(4)7-2)24(22)13-27(35)33-40(36,37)28-14-29-34(32-28)15-21(38-5)16-39-29/h8-12,14,17-18,21H,6-7,13,15-16H2,1-5H3,(H,33,35). The van der Waals surface area contributed by atoms with E-state index in [9.17, 15) is 17.6 Å². The van der Waals surface area contributed by atoms with Crippen molar-refractivity contribution in [3.63, 3.8) is 0 Å². The molecule has 1 aromatic heterocycles. The Balaban J connectivity index is 1.68. The van der Waals surface area contributed by atoms with Gasteiger partial charge in [-0.3, -0.25) is 4.79 Å². The van der Waals surface area contributed by atoms with Crippen LogP contribution in [0.25, 0.3) is 11.1 Å². The molecule has 8 nitrogen and oxygen atoms in total.